The lowest BCUT2D eigenvalue weighted by atomic mass is 10.1. The summed E-state index contributed by atoms with van der Waals surface area (Å²) >= 11 is 0. The highest BCUT2D eigenvalue weighted by Crippen LogP contribution is 2.19. The first kappa shape index (κ1) is 18.9. The first-order chi connectivity index (χ1) is 11.8. The predicted molar refractivity (Wildman–Crippen MR) is 98.0 cm³/mol. The van der Waals surface area contributed by atoms with Gasteiger partial charge >= 0.3 is 0 Å². The Morgan fingerprint density at radius 3 is 2.52 bits per heavy atom. The maximum atomic E-state index is 13.2. The Labute approximate surface area is 148 Å². The summed E-state index contributed by atoms with van der Waals surface area (Å²) in [5.74, 6) is 0.383. The van der Waals surface area contributed by atoms with E-state index in [0.29, 0.717) is 11.4 Å². The molecule has 0 bridgehead atoms. The fourth-order valence-corrected chi connectivity index (χ4v) is 2.87. The van der Waals surface area contributed by atoms with E-state index >= 15 is 0 Å². The van der Waals surface area contributed by atoms with E-state index in [1.54, 1.807) is 43.0 Å². The maximum absolute atomic E-state index is 13.2. The molecule has 25 heavy (non-hydrogen) atoms. The molecule has 0 aliphatic heterocycles. The molecule has 0 aliphatic carbocycles. The highest BCUT2D eigenvalue weighted by molar-refractivity contribution is 6.06. The zero-order valence-corrected chi connectivity index (χ0v) is 15.9. The lowest BCUT2D eigenvalue weighted by Crippen LogP contribution is -2.42. The van der Waals surface area contributed by atoms with Gasteiger partial charge in [0.1, 0.15) is 11.4 Å². The summed E-state index contributed by atoms with van der Waals surface area (Å²) in [6.45, 7) is 7.64. The van der Waals surface area contributed by atoms with Gasteiger partial charge in [0.25, 0.3) is 11.5 Å². The summed E-state index contributed by atoms with van der Waals surface area (Å²) < 4.78 is 3.13. The van der Waals surface area contributed by atoms with Crippen LogP contribution in [0, 0.1) is 6.92 Å². The molecule has 7 heteroatoms. The number of amides is 1. The van der Waals surface area contributed by atoms with Crippen molar-refractivity contribution in [1.82, 2.24) is 19.3 Å². The minimum atomic E-state index is -0.337. The van der Waals surface area contributed by atoms with Crippen molar-refractivity contribution in [3.05, 3.63) is 39.8 Å². The van der Waals surface area contributed by atoms with Crippen LogP contribution in [-0.2, 0) is 20.5 Å². The smallest absolute Gasteiger partial charge is 0.266 e. The maximum Gasteiger partial charge on any atom is 0.266 e. The molecule has 0 unspecified atom stereocenters. The van der Waals surface area contributed by atoms with Crippen molar-refractivity contribution in [2.24, 2.45) is 14.1 Å². The van der Waals surface area contributed by atoms with E-state index in [2.05, 4.69) is 17.0 Å². The molecule has 0 saturated carbocycles. The summed E-state index contributed by atoms with van der Waals surface area (Å²) in [5.41, 5.74) is 0.978. The summed E-state index contributed by atoms with van der Waals surface area (Å²) in [5, 5.41) is 4.13. The van der Waals surface area contributed by atoms with Crippen molar-refractivity contribution in [2.45, 2.75) is 53.0 Å². The highest BCUT2D eigenvalue weighted by Gasteiger charge is 2.27. The average Bonchev–Trinajstić information content (AvgIpc) is 2.95. The quantitative estimate of drug-likeness (QED) is 0.805. The molecule has 2 aromatic rings. The number of anilines is 1. The van der Waals surface area contributed by atoms with Gasteiger partial charge in [0.05, 0.1) is 17.6 Å². The Balaban J connectivity index is 2.50. The minimum Gasteiger partial charge on any atom is -0.303 e. The zero-order chi connectivity index (χ0) is 18.7. The highest BCUT2D eigenvalue weighted by atomic mass is 16.2. The number of aryl methyl sites for hydroxylation is 3. The predicted octanol–water partition coefficient (Wildman–Crippen LogP) is 2.22. The summed E-state index contributed by atoms with van der Waals surface area (Å²) in [7, 11) is 3.47. The summed E-state index contributed by atoms with van der Waals surface area (Å²) in [6, 6.07) is -0.111. The van der Waals surface area contributed by atoms with Crippen LogP contribution in [0.15, 0.2) is 17.2 Å². The molecule has 0 aromatic carbocycles. The van der Waals surface area contributed by atoms with E-state index in [-0.39, 0.29) is 23.1 Å². The molecule has 0 fully saturated rings. The van der Waals surface area contributed by atoms with E-state index in [4.69, 9.17) is 0 Å². The Kier molecular flexibility index (Phi) is 5.77. The van der Waals surface area contributed by atoms with Crippen molar-refractivity contribution in [2.75, 3.05) is 4.90 Å². The van der Waals surface area contributed by atoms with Crippen molar-refractivity contribution < 1.29 is 4.79 Å². The molecule has 0 spiro atoms. The monoisotopic (exact) mass is 345 g/mol. The van der Waals surface area contributed by atoms with Gasteiger partial charge in [-0.1, -0.05) is 13.3 Å². The first-order valence-electron chi connectivity index (χ1n) is 8.66. The van der Waals surface area contributed by atoms with Crippen LogP contribution in [0.3, 0.4) is 0 Å². The largest absolute Gasteiger partial charge is 0.303 e. The molecule has 2 heterocycles. The molecule has 2 aromatic heterocycles. The van der Waals surface area contributed by atoms with Crippen LogP contribution in [0.25, 0.3) is 0 Å². The van der Waals surface area contributed by atoms with Gasteiger partial charge in [-0.05, 0) is 27.2 Å². The van der Waals surface area contributed by atoms with E-state index in [0.717, 1.165) is 25.1 Å². The number of carbonyl (C=O) groups excluding carboxylic acids is 1. The Bertz CT molecular complexity index is 819. The van der Waals surface area contributed by atoms with Crippen molar-refractivity contribution >= 4 is 11.6 Å². The fourth-order valence-electron chi connectivity index (χ4n) is 2.87. The molecule has 1 amide bonds. The fraction of sp³-hybridized carbons (Fsp3) is 0.556. The molecule has 136 valence electrons. The van der Waals surface area contributed by atoms with Crippen LogP contribution in [0.5, 0.6) is 0 Å². The van der Waals surface area contributed by atoms with Gasteiger partial charge in [0, 0.05) is 32.8 Å². The second-order valence-corrected chi connectivity index (χ2v) is 6.60. The molecule has 0 radical (unpaired) electrons. The Morgan fingerprint density at radius 2 is 2.00 bits per heavy atom. The molecule has 0 aliphatic rings. The molecule has 0 N–H and O–H groups in total. The number of hydrogen-bond acceptors (Lipinski definition) is 4. The number of hydrogen-bond donors (Lipinski definition) is 0. The SMILES string of the molecule is CCCCc1nc(C)c(C(=O)N(c2cnn(C)c2)C(C)C)c(=O)n1C. The van der Waals surface area contributed by atoms with Crippen molar-refractivity contribution in [3.8, 4) is 0 Å². The van der Waals surface area contributed by atoms with Gasteiger partial charge in [0.15, 0.2) is 0 Å². The second kappa shape index (κ2) is 7.63. The third-order valence-corrected chi connectivity index (χ3v) is 4.24. The molecular formula is C18H27N5O2. The Morgan fingerprint density at radius 1 is 1.32 bits per heavy atom. The van der Waals surface area contributed by atoms with E-state index in [9.17, 15) is 9.59 Å². The van der Waals surface area contributed by atoms with Crippen LogP contribution in [0.2, 0.25) is 0 Å². The number of rotatable bonds is 6. The minimum absolute atomic E-state index is 0.111. The second-order valence-electron chi connectivity index (χ2n) is 6.60. The van der Waals surface area contributed by atoms with Gasteiger partial charge in [-0.3, -0.25) is 18.8 Å². The topological polar surface area (TPSA) is 73.0 Å². The zero-order valence-electron chi connectivity index (χ0n) is 15.9. The third-order valence-electron chi connectivity index (χ3n) is 4.24. The molecule has 7 nitrogen and oxygen atoms in total. The van der Waals surface area contributed by atoms with Crippen molar-refractivity contribution in [1.29, 1.82) is 0 Å². The molecule has 0 saturated heterocycles. The van der Waals surface area contributed by atoms with Gasteiger partial charge in [-0.15, -0.1) is 0 Å². The third kappa shape index (κ3) is 3.81. The standard InChI is InChI=1S/C18H27N5O2/c1-7-8-9-15-20-13(4)16(17(24)22(15)6)18(25)23(12(2)3)14-10-19-21(5)11-14/h10-12H,7-9H2,1-6H3. The number of aromatic nitrogens is 4. The van der Waals surface area contributed by atoms with Crippen molar-refractivity contribution in [3.63, 3.8) is 0 Å². The van der Waals surface area contributed by atoms with Gasteiger partial charge in [-0.25, -0.2) is 4.98 Å². The summed E-state index contributed by atoms with van der Waals surface area (Å²) in [6.07, 6.45) is 6.11. The molecule has 2 rings (SSSR count). The van der Waals surface area contributed by atoms with Crippen LogP contribution in [0.1, 0.15) is 55.5 Å². The van der Waals surface area contributed by atoms with Crippen LogP contribution in [-0.4, -0.2) is 31.3 Å². The van der Waals surface area contributed by atoms with Gasteiger partial charge in [0.2, 0.25) is 0 Å². The summed E-state index contributed by atoms with van der Waals surface area (Å²) in [4.78, 5) is 32.1. The number of nitrogens with zero attached hydrogens (tertiary/aromatic N) is 5. The average molecular weight is 345 g/mol. The number of unbranched alkanes of at least 4 members (excludes halogenated alkanes) is 1. The van der Waals surface area contributed by atoms with E-state index in [1.807, 2.05) is 13.8 Å². The van der Waals surface area contributed by atoms with Crippen LogP contribution >= 0.6 is 0 Å². The lowest BCUT2D eigenvalue weighted by Gasteiger charge is -2.26. The van der Waals surface area contributed by atoms with Gasteiger partial charge in [-0.2, -0.15) is 5.10 Å². The Hall–Kier alpha value is -2.44. The van der Waals surface area contributed by atoms with Crippen LogP contribution < -0.4 is 10.5 Å². The lowest BCUT2D eigenvalue weighted by molar-refractivity contribution is 0.0977. The van der Waals surface area contributed by atoms with E-state index < -0.39 is 0 Å². The molecular weight excluding hydrogens is 318 g/mol. The molecule has 0 atom stereocenters. The van der Waals surface area contributed by atoms with E-state index in [1.165, 1.54) is 4.57 Å². The number of carbonyl (C=O) groups is 1. The normalized spacial score (nSPS) is 11.2. The first-order valence-corrected chi connectivity index (χ1v) is 8.66. The van der Waals surface area contributed by atoms with Crippen LogP contribution in [0.4, 0.5) is 5.69 Å². The van der Waals surface area contributed by atoms with Gasteiger partial charge < -0.3 is 4.90 Å².